The molecule has 1 aromatic carbocycles. The molecule has 0 bridgehead atoms. The number of pyridine rings is 1. The fraction of sp³-hybridized carbons (Fsp3) is 0.458. The topological polar surface area (TPSA) is 85.1 Å². The number of hydrogen-bond donors (Lipinski definition) is 2. The summed E-state index contributed by atoms with van der Waals surface area (Å²) in [5, 5.41) is 15.5. The predicted molar refractivity (Wildman–Crippen MR) is 123 cm³/mol. The lowest BCUT2D eigenvalue weighted by atomic mass is 9.69. The van der Waals surface area contributed by atoms with Crippen LogP contribution < -0.4 is 20.1 Å². The van der Waals surface area contributed by atoms with Gasteiger partial charge in [0.2, 0.25) is 6.79 Å². The molecule has 0 atom stereocenters. The van der Waals surface area contributed by atoms with Crippen LogP contribution in [0.25, 0.3) is 5.65 Å². The van der Waals surface area contributed by atoms with Gasteiger partial charge < -0.3 is 20.1 Å². The van der Waals surface area contributed by atoms with Crippen molar-refractivity contribution in [1.29, 1.82) is 0 Å². The maximum Gasteiger partial charge on any atom is 0.231 e. The molecular formula is C24H30N6O2. The van der Waals surface area contributed by atoms with Gasteiger partial charge in [-0.3, -0.25) is 4.40 Å². The maximum absolute atomic E-state index is 5.66. The minimum atomic E-state index is 0.0526. The minimum Gasteiger partial charge on any atom is -0.454 e. The second-order valence-corrected chi connectivity index (χ2v) is 8.50. The highest BCUT2D eigenvalue weighted by molar-refractivity contribution is 5.79. The van der Waals surface area contributed by atoms with Gasteiger partial charge in [0.05, 0.1) is 0 Å². The molecule has 0 saturated heterocycles. The van der Waals surface area contributed by atoms with Crippen molar-refractivity contribution in [3.63, 3.8) is 0 Å². The third kappa shape index (κ3) is 4.09. The van der Waals surface area contributed by atoms with Crippen molar-refractivity contribution in [1.82, 2.24) is 25.2 Å². The van der Waals surface area contributed by atoms with Crippen LogP contribution in [0.3, 0.4) is 0 Å². The zero-order valence-electron chi connectivity index (χ0n) is 18.5. The van der Waals surface area contributed by atoms with Gasteiger partial charge >= 0.3 is 0 Å². The van der Waals surface area contributed by atoms with Crippen molar-refractivity contribution in [2.75, 3.05) is 19.9 Å². The van der Waals surface area contributed by atoms with E-state index in [1.165, 1.54) is 24.8 Å². The SMILES string of the molecule is CCNC(=NCc1nnc2ccccn12)NCC1(c2ccc3c(c2)OCO3)CCCCC1. The van der Waals surface area contributed by atoms with Crippen LogP contribution in [0.5, 0.6) is 11.5 Å². The zero-order valence-corrected chi connectivity index (χ0v) is 18.5. The lowest BCUT2D eigenvalue weighted by molar-refractivity contribution is 0.174. The number of ether oxygens (including phenoxy) is 2. The van der Waals surface area contributed by atoms with Gasteiger partial charge in [-0.05, 0) is 49.6 Å². The Labute approximate surface area is 188 Å². The van der Waals surface area contributed by atoms with E-state index in [4.69, 9.17) is 14.5 Å². The predicted octanol–water partition coefficient (Wildman–Crippen LogP) is 3.42. The molecule has 1 aliphatic carbocycles. The molecule has 0 unspecified atom stereocenters. The number of aliphatic imine (C=N–C) groups is 1. The van der Waals surface area contributed by atoms with Gasteiger partial charge in [-0.2, -0.15) is 0 Å². The summed E-state index contributed by atoms with van der Waals surface area (Å²) in [6, 6.07) is 12.3. The molecule has 0 spiro atoms. The first kappa shape index (κ1) is 20.6. The van der Waals surface area contributed by atoms with Crippen molar-refractivity contribution in [3.8, 4) is 11.5 Å². The third-order valence-electron chi connectivity index (χ3n) is 6.50. The average molecular weight is 435 g/mol. The van der Waals surface area contributed by atoms with E-state index in [1.807, 2.05) is 34.9 Å². The lowest BCUT2D eigenvalue weighted by Gasteiger charge is -2.38. The first-order chi connectivity index (χ1) is 15.8. The smallest absolute Gasteiger partial charge is 0.231 e. The highest BCUT2D eigenvalue weighted by atomic mass is 16.7. The molecule has 2 aromatic heterocycles. The quantitative estimate of drug-likeness (QED) is 0.457. The molecule has 8 nitrogen and oxygen atoms in total. The van der Waals surface area contributed by atoms with Gasteiger partial charge in [0.15, 0.2) is 28.9 Å². The van der Waals surface area contributed by atoms with Gasteiger partial charge in [0.25, 0.3) is 0 Å². The molecule has 1 aliphatic heterocycles. The molecule has 2 N–H and O–H groups in total. The lowest BCUT2D eigenvalue weighted by Crippen LogP contribution is -2.46. The van der Waals surface area contributed by atoms with Crippen LogP contribution in [0, 0.1) is 0 Å². The standard InChI is InChI=1S/C24H30N6O2/c1-2-25-23(26-15-22-29-28-21-8-4-7-13-30(21)22)27-16-24(11-5-3-6-12-24)18-9-10-19-20(14-18)32-17-31-19/h4,7-10,13-14H,2-3,5-6,11-12,15-17H2,1H3,(H2,25,26,27). The Morgan fingerprint density at radius 3 is 2.81 bits per heavy atom. The molecular weight excluding hydrogens is 404 g/mol. The molecule has 3 aromatic rings. The summed E-state index contributed by atoms with van der Waals surface area (Å²) in [5.41, 5.74) is 2.20. The van der Waals surface area contributed by atoms with E-state index in [0.717, 1.165) is 54.9 Å². The normalized spacial score (nSPS) is 17.5. The highest BCUT2D eigenvalue weighted by Gasteiger charge is 2.35. The van der Waals surface area contributed by atoms with Crippen molar-refractivity contribution in [3.05, 3.63) is 54.0 Å². The molecule has 2 aliphatic rings. The fourth-order valence-corrected chi connectivity index (χ4v) is 4.77. The van der Waals surface area contributed by atoms with Gasteiger partial charge in [-0.25, -0.2) is 4.99 Å². The number of rotatable bonds is 6. The number of aromatic nitrogens is 3. The van der Waals surface area contributed by atoms with Crippen LogP contribution in [0.2, 0.25) is 0 Å². The molecule has 1 saturated carbocycles. The Kier molecular flexibility index (Phi) is 5.83. The van der Waals surface area contributed by atoms with Crippen LogP contribution in [0.15, 0.2) is 47.6 Å². The van der Waals surface area contributed by atoms with Gasteiger partial charge in [0, 0.05) is 24.7 Å². The van der Waals surface area contributed by atoms with E-state index >= 15 is 0 Å². The highest BCUT2D eigenvalue weighted by Crippen LogP contribution is 2.43. The number of hydrogen-bond acceptors (Lipinski definition) is 5. The molecule has 168 valence electrons. The minimum absolute atomic E-state index is 0.0526. The number of benzene rings is 1. The van der Waals surface area contributed by atoms with Crippen molar-refractivity contribution in [2.24, 2.45) is 4.99 Å². The Balaban J connectivity index is 1.35. The first-order valence-corrected chi connectivity index (χ1v) is 11.5. The molecule has 5 rings (SSSR count). The molecule has 8 heteroatoms. The molecule has 0 radical (unpaired) electrons. The number of fused-ring (bicyclic) bond motifs is 2. The summed E-state index contributed by atoms with van der Waals surface area (Å²) in [4.78, 5) is 4.80. The second-order valence-electron chi connectivity index (χ2n) is 8.50. The summed E-state index contributed by atoms with van der Waals surface area (Å²) >= 11 is 0. The average Bonchev–Trinajstić information content (AvgIpc) is 3.48. The van der Waals surface area contributed by atoms with E-state index in [1.54, 1.807) is 0 Å². The molecule has 1 fully saturated rings. The van der Waals surface area contributed by atoms with Gasteiger partial charge in [-0.1, -0.05) is 31.4 Å². The van der Waals surface area contributed by atoms with Crippen LogP contribution in [-0.4, -0.2) is 40.4 Å². The Bertz CT molecular complexity index is 1100. The Morgan fingerprint density at radius 1 is 1.06 bits per heavy atom. The van der Waals surface area contributed by atoms with Crippen LogP contribution >= 0.6 is 0 Å². The first-order valence-electron chi connectivity index (χ1n) is 11.5. The van der Waals surface area contributed by atoms with Crippen LogP contribution in [0.1, 0.15) is 50.4 Å². The van der Waals surface area contributed by atoms with E-state index in [9.17, 15) is 0 Å². The van der Waals surface area contributed by atoms with E-state index in [-0.39, 0.29) is 5.41 Å². The Morgan fingerprint density at radius 2 is 1.94 bits per heavy atom. The summed E-state index contributed by atoms with van der Waals surface area (Å²) in [5.74, 6) is 3.31. The maximum atomic E-state index is 5.66. The molecule has 0 amide bonds. The number of nitrogens with one attached hydrogen (secondary N) is 2. The summed E-state index contributed by atoms with van der Waals surface area (Å²) < 4.78 is 13.2. The zero-order chi connectivity index (χ0) is 21.8. The van der Waals surface area contributed by atoms with Crippen LogP contribution in [0.4, 0.5) is 0 Å². The second kappa shape index (κ2) is 9.06. The summed E-state index contributed by atoms with van der Waals surface area (Å²) in [7, 11) is 0. The van der Waals surface area contributed by atoms with E-state index in [2.05, 4.69) is 39.9 Å². The largest absolute Gasteiger partial charge is 0.454 e. The van der Waals surface area contributed by atoms with E-state index in [0.29, 0.717) is 13.3 Å². The van der Waals surface area contributed by atoms with Crippen LogP contribution in [-0.2, 0) is 12.0 Å². The molecule has 32 heavy (non-hydrogen) atoms. The number of nitrogens with zero attached hydrogens (tertiary/aromatic N) is 4. The molecule has 3 heterocycles. The summed E-state index contributed by atoms with van der Waals surface area (Å²) in [6.45, 7) is 4.45. The number of guanidine groups is 1. The third-order valence-corrected chi connectivity index (χ3v) is 6.50. The fourth-order valence-electron chi connectivity index (χ4n) is 4.77. The van der Waals surface area contributed by atoms with E-state index < -0.39 is 0 Å². The van der Waals surface area contributed by atoms with Crippen molar-refractivity contribution in [2.45, 2.75) is 51.0 Å². The van der Waals surface area contributed by atoms with Gasteiger partial charge in [-0.15, -0.1) is 10.2 Å². The Hall–Kier alpha value is -3.29. The van der Waals surface area contributed by atoms with Crippen molar-refractivity contribution < 1.29 is 9.47 Å². The summed E-state index contributed by atoms with van der Waals surface area (Å²) in [6.07, 6.45) is 8.02. The monoisotopic (exact) mass is 434 g/mol. The van der Waals surface area contributed by atoms with Crippen molar-refractivity contribution >= 4 is 11.6 Å². The van der Waals surface area contributed by atoms with Gasteiger partial charge in [0.1, 0.15) is 6.54 Å².